The van der Waals surface area contributed by atoms with Gasteiger partial charge in [-0.1, -0.05) is 0 Å². The molecule has 1 unspecified atom stereocenters. The number of aliphatic carboxylic acids is 1. The minimum atomic E-state index is -0.933. The highest BCUT2D eigenvalue weighted by Crippen LogP contribution is 2.34. The van der Waals surface area contributed by atoms with E-state index in [1.165, 1.54) is 17.1 Å². The molecule has 1 saturated carbocycles. The number of hydrogen-bond donors (Lipinski definition) is 2. The molecule has 1 aromatic rings. The number of rotatable bonds is 8. The van der Waals surface area contributed by atoms with Crippen LogP contribution in [-0.4, -0.2) is 37.5 Å². The molecule has 0 bridgehead atoms. The van der Waals surface area contributed by atoms with Crippen molar-refractivity contribution in [2.45, 2.75) is 38.3 Å². The average molecular weight is 296 g/mol. The molecular formula is C12H16N4O5. The number of carboxylic acid groups (broad SMARTS) is 1. The Kier molecular flexibility index (Phi) is 4.51. The van der Waals surface area contributed by atoms with E-state index in [9.17, 15) is 19.7 Å². The Hall–Kier alpha value is -2.45. The maximum atomic E-state index is 11.8. The summed E-state index contributed by atoms with van der Waals surface area (Å²) < 4.78 is 1.46. The summed E-state index contributed by atoms with van der Waals surface area (Å²) in [4.78, 5) is 36.0. The zero-order valence-electron chi connectivity index (χ0n) is 11.3. The van der Waals surface area contributed by atoms with E-state index in [1.807, 2.05) is 0 Å². The van der Waals surface area contributed by atoms with E-state index in [1.54, 1.807) is 0 Å². The van der Waals surface area contributed by atoms with Crippen LogP contribution in [0.25, 0.3) is 0 Å². The molecule has 1 aliphatic carbocycles. The fraction of sp³-hybridized carbons (Fsp3) is 0.583. The van der Waals surface area contributed by atoms with E-state index < -0.39 is 10.9 Å². The fourth-order valence-corrected chi connectivity index (χ4v) is 2.10. The van der Waals surface area contributed by atoms with Gasteiger partial charge in [0.25, 0.3) is 0 Å². The third-order valence-electron chi connectivity index (χ3n) is 3.34. The van der Waals surface area contributed by atoms with Crippen molar-refractivity contribution in [2.24, 2.45) is 5.92 Å². The van der Waals surface area contributed by atoms with Gasteiger partial charge in [-0.15, -0.1) is 0 Å². The van der Waals surface area contributed by atoms with Gasteiger partial charge in [0.15, 0.2) is 0 Å². The molecule has 9 heteroatoms. The van der Waals surface area contributed by atoms with Crippen molar-refractivity contribution in [1.29, 1.82) is 0 Å². The van der Waals surface area contributed by atoms with Crippen LogP contribution in [-0.2, 0) is 16.1 Å². The zero-order valence-corrected chi connectivity index (χ0v) is 11.3. The summed E-state index contributed by atoms with van der Waals surface area (Å²) in [6.45, 7) is 0.261. The number of hydrogen-bond acceptors (Lipinski definition) is 5. The summed E-state index contributed by atoms with van der Waals surface area (Å²) in [6, 6.07) is -0.327. The number of aryl methyl sites for hydroxylation is 1. The van der Waals surface area contributed by atoms with Gasteiger partial charge in [-0.05, 0) is 28.7 Å². The molecule has 1 atom stereocenters. The molecule has 2 N–H and O–H groups in total. The van der Waals surface area contributed by atoms with Gasteiger partial charge < -0.3 is 25.1 Å². The summed E-state index contributed by atoms with van der Waals surface area (Å²) in [5.74, 6) is -1.21. The summed E-state index contributed by atoms with van der Waals surface area (Å²) in [7, 11) is 0. The van der Waals surface area contributed by atoms with Crippen molar-refractivity contribution in [2.75, 3.05) is 0 Å². The lowest BCUT2D eigenvalue weighted by molar-refractivity contribution is -0.389. The molecule has 1 fully saturated rings. The fourth-order valence-electron chi connectivity index (χ4n) is 2.10. The molecule has 1 amide bonds. The third kappa shape index (κ3) is 4.55. The van der Waals surface area contributed by atoms with Gasteiger partial charge in [0.1, 0.15) is 6.20 Å². The largest absolute Gasteiger partial charge is 0.481 e. The molecule has 0 aliphatic heterocycles. The van der Waals surface area contributed by atoms with Crippen molar-refractivity contribution in [1.82, 2.24) is 14.9 Å². The van der Waals surface area contributed by atoms with E-state index in [-0.39, 0.29) is 43.1 Å². The molecule has 1 heterocycles. The number of aromatic nitrogens is 2. The average Bonchev–Trinajstić information content (AvgIpc) is 3.13. The Morgan fingerprint density at radius 3 is 2.81 bits per heavy atom. The highest BCUT2D eigenvalue weighted by Gasteiger charge is 2.33. The molecule has 1 aliphatic rings. The molecular weight excluding hydrogens is 280 g/mol. The number of nitro groups is 1. The monoisotopic (exact) mass is 296 g/mol. The molecule has 21 heavy (non-hydrogen) atoms. The maximum Gasteiger partial charge on any atom is 0.381 e. The Morgan fingerprint density at radius 1 is 1.57 bits per heavy atom. The number of carboxylic acids is 1. The molecule has 2 rings (SSSR count). The van der Waals surface area contributed by atoms with E-state index in [2.05, 4.69) is 10.3 Å². The van der Waals surface area contributed by atoms with E-state index >= 15 is 0 Å². The van der Waals surface area contributed by atoms with Crippen LogP contribution in [0.3, 0.4) is 0 Å². The van der Waals surface area contributed by atoms with Crippen molar-refractivity contribution < 1.29 is 19.6 Å². The van der Waals surface area contributed by atoms with Crippen LogP contribution < -0.4 is 5.32 Å². The first-order valence-electron chi connectivity index (χ1n) is 6.63. The first-order chi connectivity index (χ1) is 9.95. The molecule has 0 radical (unpaired) electrons. The lowest BCUT2D eigenvalue weighted by atomic mass is 10.1. The molecule has 0 saturated heterocycles. The zero-order chi connectivity index (χ0) is 15.4. The van der Waals surface area contributed by atoms with Crippen LogP contribution >= 0.6 is 0 Å². The number of amides is 1. The van der Waals surface area contributed by atoms with Gasteiger partial charge in [-0.3, -0.25) is 9.59 Å². The summed E-state index contributed by atoms with van der Waals surface area (Å²) in [5, 5.41) is 22.0. The normalized spacial score (nSPS) is 15.4. The first-order valence-corrected chi connectivity index (χ1v) is 6.63. The van der Waals surface area contributed by atoms with E-state index in [0.29, 0.717) is 0 Å². The van der Waals surface area contributed by atoms with Crippen LogP contribution in [0.4, 0.5) is 5.82 Å². The summed E-state index contributed by atoms with van der Waals surface area (Å²) in [5.41, 5.74) is 0. The number of nitrogens with zero attached hydrogens (tertiary/aromatic N) is 3. The van der Waals surface area contributed by atoms with E-state index in [0.717, 1.165) is 12.8 Å². The molecule has 114 valence electrons. The van der Waals surface area contributed by atoms with Crippen LogP contribution in [0.1, 0.15) is 25.7 Å². The van der Waals surface area contributed by atoms with Crippen LogP contribution in [0.2, 0.25) is 0 Å². The minimum Gasteiger partial charge on any atom is -0.481 e. The molecule has 0 aromatic carbocycles. The van der Waals surface area contributed by atoms with Crippen molar-refractivity contribution >= 4 is 17.7 Å². The molecule has 1 aromatic heterocycles. The van der Waals surface area contributed by atoms with Crippen LogP contribution in [0.15, 0.2) is 12.5 Å². The number of imidazole rings is 1. The lowest BCUT2D eigenvalue weighted by Crippen LogP contribution is -2.38. The highest BCUT2D eigenvalue weighted by molar-refractivity contribution is 5.77. The first kappa shape index (κ1) is 14.9. The summed E-state index contributed by atoms with van der Waals surface area (Å²) in [6.07, 6.45) is 4.46. The second-order valence-electron chi connectivity index (χ2n) is 5.09. The maximum absolute atomic E-state index is 11.8. The Morgan fingerprint density at radius 2 is 2.29 bits per heavy atom. The smallest absolute Gasteiger partial charge is 0.381 e. The van der Waals surface area contributed by atoms with Gasteiger partial charge in [0.2, 0.25) is 12.2 Å². The SMILES string of the molecule is O=C(O)CC(NC(=O)CCn1cnc([N+](=O)[O-])c1)C1CC1. The molecule has 0 spiro atoms. The number of carbonyl (C=O) groups is 2. The van der Waals surface area contributed by atoms with Crippen molar-refractivity contribution in [3.63, 3.8) is 0 Å². The minimum absolute atomic E-state index is 0.0764. The number of carbonyl (C=O) groups excluding carboxylic acids is 1. The Labute approximate surface area is 120 Å². The quantitative estimate of drug-likeness (QED) is 0.532. The second kappa shape index (κ2) is 6.33. The van der Waals surface area contributed by atoms with Gasteiger partial charge in [-0.25, -0.2) is 0 Å². The third-order valence-corrected chi connectivity index (χ3v) is 3.34. The predicted octanol–water partition coefficient (Wildman–Crippen LogP) is 0.551. The van der Waals surface area contributed by atoms with Crippen molar-refractivity contribution in [3.05, 3.63) is 22.6 Å². The lowest BCUT2D eigenvalue weighted by Gasteiger charge is -2.16. The van der Waals surface area contributed by atoms with Crippen molar-refractivity contribution in [3.8, 4) is 0 Å². The predicted molar refractivity (Wildman–Crippen MR) is 70.4 cm³/mol. The summed E-state index contributed by atoms with van der Waals surface area (Å²) >= 11 is 0. The standard InChI is InChI=1S/C12H16N4O5/c17-11(14-9(5-12(18)19)8-1-2-8)3-4-15-6-10(13-7-15)16(20)21/h6-9H,1-5H2,(H,14,17)(H,18,19). The second-order valence-corrected chi connectivity index (χ2v) is 5.09. The van der Waals surface area contributed by atoms with Crippen LogP contribution in [0.5, 0.6) is 0 Å². The van der Waals surface area contributed by atoms with Gasteiger partial charge in [-0.2, -0.15) is 0 Å². The topological polar surface area (TPSA) is 127 Å². The van der Waals surface area contributed by atoms with Gasteiger partial charge in [0.05, 0.1) is 6.42 Å². The highest BCUT2D eigenvalue weighted by atomic mass is 16.6. The van der Waals surface area contributed by atoms with Gasteiger partial charge in [0, 0.05) is 19.0 Å². The Bertz CT molecular complexity index is 552. The van der Waals surface area contributed by atoms with Crippen LogP contribution in [0, 0.1) is 16.0 Å². The Balaban J connectivity index is 1.80. The molecule has 9 nitrogen and oxygen atoms in total. The van der Waals surface area contributed by atoms with Gasteiger partial charge >= 0.3 is 11.8 Å². The van der Waals surface area contributed by atoms with E-state index in [4.69, 9.17) is 5.11 Å². The number of nitrogens with one attached hydrogen (secondary N) is 1.